The van der Waals surface area contributed by atoms with E-state index in [1.54, 1.807) is 6.33 Å². The number of nitrogens with zero attached hydrogens (tertiary/aromatic N) is 4. The van der Waals surface area contributed by atoms with E-state index >= 15 is 0 Å². The van der Waals surface area contributed by atoms with Crippen LogP contribution in [0.2, 0.25) is 0 Å². The van der Waals surface area contributed by atoms with E-state index in [2.05, 4.69) is 20.2 Å². The molecule has 0 aliphatic heterocycles. The Morgan fingerprint density at radius 1 is 1.62 bits per heavy atom. The van der Waals surface area contributed by atoms with Gasteiger partial charge in [0.25, 0.3) is 0 Å². The fourth-order valence-corrected chi connectivity index (χ4v) is 1.02. The Bertz CT molecular complexity index is 384. The summed E-state index contributed by atoms with van der Waals surface area (Å²) in [6, 6.07) is 3.88. The van der Waals surface area contributed by atoms with Crippen molar-refractivity contribution in [2.45, 2.75) is 6.92 Å². The van der Waals surface area contributed by atoms with Gasteiger partial charge in [-0.1, -0.05) is 0 Å². The van der Waals surface area contributed by atoms with Crippen molar-refractivity contribution in [1.29, 1.82) is 0 Å². The smallest absolute Gasteiger partial charge is 0.139 e. The van der Waals surface area contributed by atoms with Crippen molar-refractivity contribution in [3.63, 3.8) is 0 Å². The third-order valence-corrected chi connectivity index (χ3v) is 1.65. The number of rotatable bonds is 2. The molecule has 13 heavy (non-hydrogen) atoms. The van der Waals surface area contributed by atoms with Gasteiger partial charge in [0.15, 0.2) is 0 Å². The summed E-state index contributed by atoms with van der Waals surface area (Å²) in [5.41, 5.74) is 1.85. The standard InChI is InChI=1S/C8H9N5/c1-7(8-3-2-4-10-8)12-13-6-9-5-11-13/h2-6,10H,1H3/b12-7-. The zero-order chi connectivity index (χ0) is 9.10. The number of H-pyrrole nitrogens is 1. The molecule has 1 N–H and O–H groups in total. The molecule has 0 aliphatic rings. The maximum Gasteiger partial charge on any atom is 0.139 e. The first-order valence-corrected chi connectivity index (χ1v) is 3.90. The largest absolute Gasteiger partial charge is 0.360 e. The van der Waals surface area contributed by atoms with Crippen molar-refractivity contribution in [3.8, 4) is 0 Å². The van der Waals surface area contributed by atoms with Gasteiger partial charge < -0.3 is 4.98 Å². The van der Waals surface area contributed by atoms with Gasteiger partial charge in [-0.05, 0) is 19.1 Å². The van der Waals surface area contributed by atoms with Crippen molar-refractivity contribution in [1.82, 2.24) is 19.9 Å². The van der Waals surface area contributed by atoms with Crippen LogP contribution >= 0.6 is 0 Å². The van der Waals surface area contributed by atoms with E-state index in [9.17, 15) is 0 Å². The number of nitrogens with one attached hydrogen (secondary N) is 1. The Kier molecular flexibility index (Phi) is 1.91. The highest BCUT2D eigenvalue weighted by atomic mass is 15.5. The number of hydrogen-bond donors (Lipinski definition) is 1. The number of aromatic nitrogens is 4. The molecule has 0 atom stereocenters. The summed E-state index contributed by atoms with van der Waals surface area (Å²) in [5.74, 6) is 0. The van der Waals surface area contributed by atoms with Gasteiger partial charge in [-0.25, -0.2) is 4.98 Å². The van der Waals surface area contributed by atoms with E-state index in [1.165, 1.54) is 11.1 Å². The minimum atomic E-state index is 0.871. The van der Waals surface area contributed by atoms with Crippen LogP contribution in [0.25, 0.3) is 0 Å². The van der Waals surface area contributed by atoms with Crippen LogP contribution in [0.5, 0.6) is 0 Å². The molecule has 0 saturated carbocycles. The molecule has 0 spiro atoms. The van der Waals surface area contributed by atoms with E-state index in [1.807, 2.05) is 25.3 Å². The van der Waals surface area contributed by atoms with E-state index in [4.69, 9.17) is 0 Å². The highest BCUT2D eigenvalue weighted by Crippen LogP contribution is 1.97. The summed E-state index contributed by atoms with van der Waals surface area (Å²) in [4.78, 5) is 8.27. The Labute approximate surface area is 75.1 Å². The topological polar surface area (TPSA) is 58.9 Å². The fourth-order valence-electron chi connectivity index (χ4n) is 1.02. The zero-order valence-electron chi connectivity index (χ0n) is 7.18. The zero-order valence-corrected chi connectivity index (χ0v) is 7.18. The lowest BCUT2D eigenvalue weighted by Crippen LogP contribution is -1.99. The van der Waals surface area contributed by atoms with Crippen LogP contribution in [-0.4, -0.2) is 25.6 Å². The molecule has 5 nitrogen and oxygen atoms in total. The SMILES string of the molecule is C/C(=N/n1cncn1)c1ccc[nH]1. The van der Waals surface area contributed by atoms with E-state index in [0.29, 0.717) is 0 Å². The van der Waals surface area contributed by atoms with Crippen LogP contribution in [0.1, 0.15) is 12.6 Å². The van der Waals surface area contributed by atoms with E-state index < -0.39 is 0 Å². The molecule has 5 heteroatoms. The minimum absolute atomic E-state index is 0.871. The lowest BCUT2D eigenvalue weighted by atomic mass is 10.3. The van der Waals surface area contributed by atoms with Crippen LogP contribution in [-0.2, 0) is 0 Å². The first-order valence-electron chi connectivity index (χ1n) is 3.90. The molecule has 0 aromatic carbocycles. The van der Waals surface area contributed by atoms with Crippen molar-refractivity contribution in [3.05, 3.63) is 36.7 Å². The summed E-state index contributed by atoms with van der Waals surface area (Å²) in [7, 11) is 0. The Morgan fingerprint density at radius 2 is 2.54 bits per heavy atom. The Balaban J connectivity index is 2.27. The first kappa shape index (κ1) is 7.72. The number of hydrogen-bond acceptors (Lipinski definition) is 3. The molecule has 0 amide bonds. The third kappa shape index (κ3) is 1.64. The molecule has 2 aromatic heterocycles. The van der Waals surface area contributed by atoms with Crippen molar-refractivity contribution < 1.29 is 0 Å². The molecule has 0 fully saturated rings. The summed E-state index contributed by atoms with van der Waals surface area (Å²) in [6.07, 6.45) is 4.85. The molecule has 66 valence electrons. The van der Waals surface area contributed by atoms with Crippen LogP contribution in [0, 0.1) is 0 Å². The molecule has 0 bridgehead atoms. The average Bonchev–Trinajstić information content (AvgIpc) is 2.74. The monoisotopic (exact) mass is 175 g/mol. The maximum absolute atomic E-state index is 4.19. The van der Waals surface area contributed by atoms with Crippen molar-refractivity contribution in [2.24, 2.45) is 5.10 Å². The van der Waals surface area contributed by atoms with Gasteiger partial charge in [0.05, 0.1) is 11.4 Å². The predicted octanol–water partition coefficient (Wildman–Crippen LogP) is 0.878. The van der Waals surface area contributed by atoms with Crippen LogP contribution in [0.15, 0.2) is 36.1 Å². The van der Waals surface area contributed by atoms with Gasteiger partial charge in [0, 0.05) is 6.20 Å². The Hall–Kier alpha value is -1.91. The molecular formula is C8H9N5. The highest BCUT2D eigenvalue weighted by Gasteiger charge is 1.96. The molecule has 0 radical (unpaired) electrons. The lowest BCUT2D eigenvalue weighted by molar-refractivity contribution is 0.738. The number of aromatic amines is 1. The van der Waals surface area contributed by atoms with Gasteiger partial charge in [-0.3, -0.25) is 0 Å². The quantitative estimate of drug-likeness (QED) is 0.689. The molecule has 2 rings (SSSR count). The lowest BCUT2D eigenvalue weighted by Gasteiger charge is -1.95. The molecule has 0 unspecified atom stereocenters. The van der Waals surface area contributed by atoms with Gasteiger partial charge in [-0.2, -0.15) is 5.10 Å². The van der Waals surface area contributed by atoms with Crippen LogP contribution < -0.4 is 0 Å². The van der Waals surface area contributed by atoms with Crippen LogP contribution in [0.4, 0.5) is 0 Å². The van der Waals surface area contributed by atoms with Gasteiger partial charge in [0.2, 0.25) is 0 Å². The normalized spacial score (nSPS) is 11.9. The van der Waals surface area contributed by atoms with E-state index in [-0.39, 0.29) is 0 Å². The second-order valence-electron chi connectivity index (χ2n) is 2.59. The minimum Gasteiger partial charge on any atom is -0.360 e. The fraction of sp³-hybridized carbons (Fsp3) is 0.125. The van der Waals surface area contributed by atoms with Crippen molar-refractivity contribution >= 4 is 5.71 Å². The molecular weight excluding hydrogens is 166 g/mol. The summed E-state index contributed by atoms with van der Waals surface area (Å²) < 4.78 is 0. The Morgan fingerprint density at radius 3 is 3.15 bits per heavy atom. The molecule has 0 saturated heterocycles. The van der Waals surface area contributed by atoms with Gasteiger partial charge in [0.1, 0.15) is 12.7 Å². The predicted molar refractivity (Wildman–Crippen MR) is 48.4 cm³/mol. The second-order valence-corrected chi connectivity index (χ2v) is 2.59. The molecule has 2 heterocycles. The van der Waals surface area contributed by atoms with Gasteiger partial charge >= 0.3 is 0 Å². The third-order valence-electron chi connectivity index (χ3n) is 1.65. The van der Waals surface area contributed by atoms with Gasteiger partial charge in [-0.15, -0.1) is 9.89 Å². The highest BCUT2D eigenvalue weighted by molar-refractivity contribution is 5.96. The molecule has 2 aromatic rings. The second kappa shape index (κ2) is 3.22. The summed E-state index contributed by atoms with van der Waals surface area (Å²) in [6.45, 7) is 1.91. The van der Waals surface area contributed by atoms with E-state index in [0.717, 1.165) is 11.4 Å². The first-order chi connectivity index (χ1) is 6.36. The summed E-state index contributed by atoms with van der Waals surface area (Å²) in [5, 5.41) is 8.06. The molecule has 0 aliphatic carbocycles. The van der Waals surface area contributed by atoms with Crippen molar-refractivity contribution in [2.75, 3.05) is 0 Å². The van der Waals surface area contributed by atoms with Crippen LogP contribution in [0.3, 0.4) is 0 Å². The average molecular weight is 175 g/mol. The maximum atomic E-state index is 4.19. The summed E-state index contributed by atoms with van der Waals surface area (Å²) >= 11 is 0.